The van der Waals surface area contributed by atoms with Crippen LogP contribution >= 0.6 is 0 Å². The Bertz CT molecular complexity index is 842. The van der Waals surface area contributed by atoms with E-state index in [1.54, 1.807) is 14.0 Å². The Morgan fingerprint density at radius 2 is 1.97 bits per heavy atom. The molecule has 32 heavy (non-hydrogen) atoms. The van der Waals surface area contributed by atoms with Crippen molar-refractivity contribution in [2.24, 2.45) is 11.8 Å². The molecule has 2 aliphatic heterocycles. The Morgan fingerprint density at radius 3 is 2.69 bits per heavy atom. The third kappa shape index (κ3) is 4.36. The summed E-state index contributed by atoms with van der Waals surface area (Å²) in [5.74, 6) is 1.39. The normalized spacial score (nSPS) is 26.2. The topological polar surface area (TPSA) is 61.9 Å². The lowest BCUT2D eigenvalue weighted by atomic mass is 9.70. The minimum absolute atomic E-state index is 0.0340. The smallest absolute Gasteiger partial charge is 0.254 e. The van der Waals surface area contributed by atoms with Gasteiger partial charge in [0.15, 0.2) is 0 Å². The highest BCUT2D eigenvalue weighted by molar-refractivity contribution is 5.98. The molecule has 0 spiro atoms. The molecule has 1 N–H and O–H groups in total. The van der Waals surface area contributed by atoms with Crippen LogP contribution in [0.15, 0.2) is 18.2 Å². The zero-order valence-electron chi connectivity index (χ0n) is 19.5. The van der Waals surface area contributed by atoms with Gasteiger partial charge in [0.1, 0.15) is 12.7 Å². The Balaban J connectivity index is 1.51. The van der Waals surface area contributed by atoms with Gasteiger partial charge >= 0.3 is 0 Å². The summed E-state index contributed by atoms with van der Waals surface area (Å²) in [6.45, 7) is 2.78. The molecule has 0 bridgehead atoms. The highest BCUT2D eigenvalue weighted by Gasteiger charge is 2.43. The standard InChI is InChI=1S/C25H36FN3O3/c1-16(24(30)27-11-10-26)28(2)25(31)19-5-7-23-21(15-19)20-14-18(4-6-22(20)29(23)3)17-8-12-32-13-9-17/h5,7,15-18,20,22H,4,6,8-14H2,1-3H3,(H,27,30)/t16-,18?,20?,22?/m0/s1. The van der Waals surface area contributed by atoms with Crippen LogP contribution < -0.4 is 10.2 Å². The van der Waals surface area contributed by atoms with Crippen LogP contribution in [0.5, 0.6) is 0 Å². The lowest BCUT2D eigenvalue weighted by Gasteiger charge is -2.40. The highest BCUT2D eigenvalue weighted by atomic mass is 19.1. The van der Waals surface area contributed by atoms with Gasteiger partial charge in [0.2, 0.25) is 5.91 Å². The van der Waals surface area contributed by atoms with Gasteiger partial charge in [-0.25, -0.2) is 4.39 Å². The number of carbonyl (C=O) groups excluding carboxylic acids is 2. The fourth-order valence-corrected chi connectivity index (χ4v) is 5.96. The fraction of sp³-hybridized carbons (Fsp3) is 0.680. The molecule has 1 aromatic carbocycles. The first kappa shape index (κ1) is 23.0. The number of likely N-dealkylation sites (N-methyl/N-ethyl adjacent to an activating group) is 2. The summed E-state index contributed by atoms with van der Waals surface area (Å²) >= 11 is 0. The molecule has 1 saturated heterocycles. The van der Waals surface area contributed by atoms with Crippen molar-refractivity contribution in [1.82, 2.24) is 10.2 Å². The van der Waals surface area contributed by atoms with Crippen molar-refractivity contribution >= 4 is 17.5 Å². The largest absolute Gasteiger partial charge is 0.381 e. The highest BCUT2D eigenvalue weighted by Crippen LogP contribution is 2.51. The number of amides is 2. The molecule has 4 atom stereocenters. The summed E-state index contributed by atoms with van der Waals surface area (Å²) in [7, 11) is 3.80. The monoisotopic (exact) mass is 445 g/mol. The van der Waals surface area contributed by atoms with E-state index in [1.807, 2.05) is 12.1 Å². The van der Waals surface area contributed by atoms with Crippen LogP contribution in [-0.2, 0) is 9.53 Å². The molecule has 6 nitrogen and oxygen atoms in total. The third-order valence-electron chi connectivity index (χ3n) is 8.01. The van der Waals surface area contributed by atoms with Gasteiger partial charge in [-0.1, -0.05) is 0 Å². The molecule has 2 amide bonds. The van der Waals surface area contributed by atoms with E-state index in [-0.39, 0.29) is 18.4 Å². The maximum Gasteiger partial charge on any atom is 0.254 e. The minimum Gasteiger partial charge on any atom is -0.381 e. The summed E-state index contributed by atoms with van der Waals surface area (Å²) < 4.78 is 18.0. The van der Waals surface area contributed by atoms with Crippen molar-refractivity contribution in [3.8, 4) is 0 Å². The predicted octanol–water partition coefficient (Wildman–Crippen LogP) is 3.36. The second-order valence-electron chi connectivity index (χ2n) is 9.65. The van der Waals surface area contributed by atoms with Crippen LogP contribution in [-0.4, -0.2) is 69.3 Å². The van der Waals surface area contributed by atoms with Gasteiger partial charge in [-0.05, 0) is 74.6 Å². The molecular formula is C25H36FN3O3. The van der Waals surface area contributed by atoms with E-state index in [4.69, 9.17) is 4.74 Å². The van der Waals surface area contributed by atoms with Crippen molar-refractivity contribution in [3.63, 3.8) is 0 Å². The molecular weight excluding hydrogens is 409 g/mol. The number of alkyl halides is 1. The first-order valence-electron chi connectivity index (χ1n) is 12.0. The molecule has 1 aliphatic carbocycles. The Morgan fingerprint density at radius 1 is 1.22 bits per heavy atom. The average Bonchev–Trinajstić information content (AvgIpc) is 3.12. The Labute approximate surface area is 190 Å². The maximum atomic E-state index is 13.2. The molecule has 0 aromatic heterocycles. The molecule has 4 rings (SSSR count). The van der Waals surface area contributed by atoms with Crippen LogP contribution in [0.2, 0.25) is 0 Å². The van der Waals surface area contributed by atoms with Crippen molar-refractivity contribution in [2.75, 3.05) is 45.4 Å². The lowest BCUT2D eigenvalue weighted by Crippen LogP contribution is -2.46. The summed E-state index contributed by atoms with van der Waals surface area (Å²) in [5, 5.41) is 2.52. The van der Waals surface area contributed by atoms with E-state index in [0.717, 1.165) is 37.9 Å². The molecule has 3 aliphatic rings. The van der Waals surface area contributed by atoms with Crippen LogP contribution in [0, 0.1) is 11.8 Å². The second kappa shape index (κ2) is 9.77. The van der Waals surface area contributed by atoms with Gasteiger partial charge in [0, 0.05) is 57.1 Å². The second-order valence-corrected chi connectivity index (χ2v) is 9.65. The third-order valence-corrected chi connectivity index (χ3v) is 8.01. The molecule has 2 fully saturated rings. The first-order valence-corrected chi connectivity index (χ1v) is 12.0. The van der Waals surface area contributed by atoms with E-state index < -0.39 is 12.7 Å². The van der Waals surface area contributed by atoms with E-state index in [9.17, 15) is 14.0 Å². The van der Waals surface area contributed by atoms with Gasteiger partial charge in [0.05, 0.1) is 0 Å². The SMILES string of the molecule is C[C@@H](C(=O)NCCF)N(C)C(=O)c1ccc2c(c1)C1CC(C3CCOCC3)CCC1N2C. The molecule has 0 radical (unpaired) electrons. The van der Waals surface area contributed by atoms with Crippen LogP contribution in [0.3, 0.4) is 0 Å². The van der Waals surface area contributed by atoms with Crippen molar-refractivity contribution < 1.29 is 18.7 Å². The molecule has 3 unspecified atom stereocenters. The number of fused-ring (bicyclic) bond motifs is 3. The molecule has 176 valence electrons. The Hall–Kier alpha value is -2.15. The number of carbonyl (C=O) groups is 2. The minimum atomic E-state index is -0.662. The fourth-order valence-electron chi connectivity index (χ4n) is 5.96. The molecule has 7 heteroatoms. The predicted molar refractivity (Wildman–Crippen MR) is 123 cm³/mol. The van der Waals surface area contributed by atoms with Crippen LogP contribution in [0.1, 0.15) is 60.9 Å². The summed E-state index contributed by atoms with van der Waals surface area (Å²) in [4.78, 5) is 29.2. The van der Waals surface area contributed by atoms with Gasteiger partial charge in [-0.15, -0.1) is 0 Å². The molecule has 2 heterocycles. The van der Waals surface area contributed by atoms with Crippen LogP contribution in [0.25, 0.3) is 0 Å². The summed E-state index contributed by atoms with van der Waals surface area (Å²) in [6.07, 6.45) is 5.95. The molecule has 1 aromatic rings. The first-order chi connectivity index (χ1) is 15.4. The summed E-state index contributed by atoms with van der Waals surface area (Å²) in [6, 6.07) is 5.81. The maximum absolute atomic E-state index is 13.2. The lowest BCUT2D eigenvalue weighted by molar-refractivity contribution is -0.124. The van der Waals surface area contributed by atoms with Gasteiger partial charge in [-0.3, -0.25) is 9.59 Å². The van der Waals surface area contributed by atoms with Crippen molar-refractivity contribution in [3.05, 3.63) is 29.3 Å². The number of hydrogen-bond acceptors (Lipinski definition) is 4. The van der Waals surface area contributed by atoms with Crippen molar-refractivity contribution in [1.29, 1.82) is 0 Å². The number of nitrogens with zero attached hydrogens (tertiary/aromatic N) is 2. The molecule has 1 saturated carbocycles. The number of nitrogens with one attached hydrogen (secondary N) is 1. The van der Waals surface area contributed by atoms with E-state index in [2.05, 4.69) is 23.3 Å². The summed E-state index contributed by atoms with van der Waals surface area (Å²) in [5.41, 5.74) is 3.10. The number of ether oxygens (including phenoxy) is 1. The number of benzene rings is 1. The van der Waals surface area contributed by atoms with E-state index >= 15 is 0 Å². The average molecular weight is 446 g/mol. The van der Waals surface area contributed by atoms with Gasteiger partial charge in [-0.2, -0.15) is 0 Å². The zero-order chi connectivity index (χ0) is 22.8. The number of anilines is 1. The van der Waals surface area contributed by atoms with Crippen LogP contribution in [0.4, 0.5) is 10.1 Å². The number of halogens is 1. The van der Waals surface area contributed by atoms with E-state index in [1.165, 1.54) is 35.4 Å². The van der Waals surface area contributed by atoms with Crippen molar-refractivity contribution in [2.45, 2.75) is 57.0 Å². The number of hydrogen-bond donors (Lipinski definition) is 1. The number of rotatable bonds is 6. The van der Waals surface area contributed by atoms with Gasteiger partial charge in [0.25, 0.3) is 5.91 Å². The van der Waals surface area contributed by atoms with Gasteiger partial charge < -0.3 is 19.9 Å². The quantitative estimate of drug-likeness (QED) is 0.729. The zero-order valence-corrected chi connectivity index (χ0v) is 19.5. The Kier molecular flexibility index (Phi) is 7.03. The van der Waals surface area contributed by atoms with E-state index in [0.29, 0.717) is 17.5 Å².